The number of nitrogens with zero attached hydrogens (tertiary/aromatic N) is 4. The van der Waals surface area contributed by atoms with Gasteiger partial charge in [0.15, 0.2) is 0 Å². The Morgan fingerprint density at radius 2 is 2.00 bits per heavy atom. The second-order valence-electron chi connectivity index (χ2n) is 4.85. The van der Waals surface area contributed by atoms with Crippen LogP contribution in [0.2, 0.25) is 0 Å². The lowest BCUT2D eigenvalue weighted by atomic mass is 10.2. The van der Waals surface area contributed by atoms with Gasteiger partial charge in [-0.05, 0) is 34.2 Å². The predicted octanol–water partition coefficient (Wildman–Crippen LogP) is 3.78. The first kappa shape index (κ1) is 16.0. The van der Waals surface area contributed by atoms with Crippen LogP contribution < -0.4 is 4.74 Å². The van der Waals surface area contributed by atoms with Gasteiger partial charge < -0.3 is 4.74 Å². The van der Waals surface area contributed by atoms with Gasteiger partial charge in [-0.3, -0.25) is 0 Å². The molecule has 7 heteroatoms. The summed E-state index contributed by atoms with van der Waals surface area (Å²) in [7, 11) is 1.68. The van der Waals surface area contributed by atoms with Crippen LogP contribution in [0.3, 0.4) is 0 Å². The van der Waals surface area contributed by atoms with Crippen molar-refractivity contribution >= 4 is 27.7 Å². The van der Waals surface area contributed by atoms with Crippen molar-refractivity contribution in [1.29, 1.82) is 0 Å². The molecule has 5 nitrogen and oxygen atoms in total. The summed E-state index contributed by atoms with van der Waals surface area (Å²) >= 11 is 5.08. The lowest BCUT2D eigenvalue weighted by molar-refractivity contribution is 0.411. The predicted molar refractivity (Wildman–Crippen MR) is 93.6 cm³/mol. The van der Waals surface area contributed by atoms with Gasteiger partial charge in [0.1, 0.15) is 5.75 Å². The fourth-order valence-corrected chi connectivity index (χ4v) is 3.42. The van der Waals surface area contributed by atoms with Crippen LogP contribution in [-0.4, -0.2) is 27.3 Å². The molecule has 0 aliphatic rings. The Morgan fingerprint density at radius 3 is 2.78 bits per heavy atom. The SMILES string of the molecule is COc1ccc(Br)cc1CSc1nnnn1Cc1ccccc1. The largest absolute Gasteiger partial charge is 0.496 e. The van der Waals surface area contributed by atoms with Gasteiger partial charge >= 0.3 is 0 Å². The van der Waals surface area contributed by atoms with Gasteiger partial charge in [0, 0.05) is 15.8 Å². The number of hydrogen-bond acceptors (Lipinski definition) is 5. The molecule has 0 saturated carbocycles. The fourth-order valence-electron chi connectivity index (χ4n) is 2.16. The van der Waals surface area contributed by atoms with Crippen molar-refractivity contribution < 1.29 is 4.74 Å². The molecule has 118 valence electrons. The molecular formula is C16H15BrN4OS. The molecule has 1 aromatic heterocycles. The average molecular weight is 391 g/mol. The maximum atomic E-state index is 5.40. The van der Waals surface area contributed by atoms with Crippen molar-refractivity contribution in [3.05, 3.63) is 64.1 Å². The van der Waals surface area contributed by atoms with Crippen molar-refractivity contribution in [3.8, 4) is 5.75 Å². The third-order valence-corrected chi connectivity index (χ3v) is 4.77. The van der Waals surface area contributed by atoms with Crippen LogP contribution in [0.5, 0.6) is 5.75 Å². The summed E-state index contributed by atoms with van der Waals surface area (Å²) < 4.78 is 8.24. The zero-order chi connectivity index (χ0) is 16.1. The number of hydrogen-bond donors (Lipinski definition) is 0. The second-order valence-corrected chi connectivity index (χ2v) is 6.71. The first-order valence-electron chi connectivity index (χ1n) is 7.01. The van der Waals surface area contributed by atoms with Crippen LogP contribution in [0.25, 0.3) is 0 Å². The third-order valence-electron chi connectivity index (χ3n) is 3.27. The van der Waals surface area contributed by atoms with Gasteiger partial charge in [0.25, 0.3) is 0 Å². The highest BCUT2D eigenvalue weighted by Crippen LogP contribution is 2.29. The smallest absolute Gasteiger partial charge is 0.209 e. The van der Waals surface area contributed by atoms with E-state index in [-0.39, 0.29) is 0 Å². The van der Waals surface area contributed by atoms with Gasteiger partial charge in [0.2, 0.25) is 5.16 Å². The van der Waals surface area contributed by atoms with Crippen LogP contribution >= 0.6 is 27.7 Å². The van der Waals surface area contributed by atoms with Crippen LogP contribution in [-0.2, 0) is 12.3 Å². The molecule has 1 heterocycles. The van der Waals surface area contributed by atoms with Gasteiger partial charge in [-0.1, -0.05) is 58.0 Å². The molecule has 0 amide bonds. The van der Waals surface area contributed by atoms with Gasteiger partial charge in [-0.25, -0.2) is 4.68 Å². The summed E-state index contributed by atoms with van der Waals surface area (Å²) in [6.45, 7) is 0.659. The Morgan fingerprint density at radius 1 is 1.17 bits per heavy atom. The summed E-state index contributed by atoms with van der Waals surface area (Å²) in [5.41, 5.74) is 2.27. The topological polar surface area (TPSA) is 52.8 Å². The molecule has 23 heavy (non-hydrogen) atoms. The van der Waals surface area contributed by atoms with Crippen LogP contribution in [0, 0.1) is 0 Å². The highest BCUT2D eigenvalue weighted by atomic mass is 79.9. The maximum Gasteiger partial charge on any atom is 0.209 e. The lowest BCUT2D eigenvalue weighted by Crippen LogP contribution is -2.03. The summed E-state index contributed by atoms with van der Waals surface area (Å²) in [4.78, 5) is 0. The summed E-state index contributed by atoms with van der Waals surface area (Å²) in [6.07, 6.45) is 0. The van der Waals surface area contributed by atoms with E-state index < -0.39 is 0 Å². The number of ether oxygens (including phenoxy) is 1. The number of rotatable bonds is 6. The van der Waals surface area contributed by atoms with Crippen LogP contribution in [0.1, 0.15) is 11.1 Å². The fraction of sp³-hybridized carbons (Fsp3) is 0.188. The monoisotopic (exact) mass is 390 g/mol. The Balaban J connectivity index is 1.72. The maximum absolute atomic E-state index is 5.40. The Kier molecular flexibility index (Phi) is 5.30. The molecule has 0 fully saturated rings. The zero-order valence-electron chi connectivity index (χ0n) is 12.5. The van der Waals surface area contributed by atoms with E-state index in [1.807, 2.05) is 35.0 Å². The van der Waals surface area contributed by atoms with Crippen LogP contribution in [0.4, 0.5) is 0 Å². The quantitative estimate of drug-likeness (QED) is 0.599. The Bertz CT molecular complexity index is 779. The van der Waals surface area contributed by atoms with E-state index in [1.165, 1.54) is 5.56 Å². The first-order valence-corrected chi connectivity index (χ1v) is 8.79. The summed E-state index contributed by atoms with van der Waals surface area (Å²) in [5.74, 6) is 1.60. The van der Waals surface area contributed by atoms with E-state index in [2.05, 4.69) is 49.7 Å². The molecule has 0 aliphatic carbocycles. The normalized spacial score (nSPS) is 10.7. The number of methoxy groups -OCH3 is 1. The lowest BCUT2D eigenvalue weighted by Gasteiger charge is -2.09. The van der Waals surface area contributed by atoms with Gasteiger partial charge in [0.05, 0.1) is 13.7 Å². The number of halogens is 1. The van der Waals surface area contributed by atoms with Crippen LogP contribution in [0.15, 0.2) is 58.2 Å². The van der Waals surface area contributed by atoms with E-state index in [9.17, 15) is 0 Å². The highest BCUT2D eigenvalue weighted by Gasteiger charge is 2.10. The molecule has 3 aromatic rings. The number of tetrazole rings is 1. The standard InChI is InChI=1S/C16H15BrN4OS/c1-22-15-8-7-14(17)9-13(15)11-23-16-18-19-20-21(16)10-12-5-3-2-4-6-12/h2-9H,10-11H2,1H3. The molecule has 0 unspecified atom stereocenters. The van der Waals surface area contributed by atoms with Crippen molar-refractivity contribution in [2.24, 2.45) is 0 Å². The van der Waals surface area contributed by atoms with E-state index in [0.29, 0.717) is 6.54 Å². The highest BCUT2D eigenvalue weighted by molar-refractivity contribution is 9.10. The second kappa shape index (κ2) is 7.61. The number of thioether (sulfide) groups is 1. The van der Waals surface area contributed by atoms with Crippen molar-refractivity contribution in [1.82, 2.24) is 20.2 Å². The Labute approximate surface area is 147 Å². The average Bonchev–Trinajstić information content (AvgIpc) is 3.01. The molecular weight excluding hydrogens is 376 g/mol. The molecule has 0 atom stereocenters. The van der Waals surface area contributed by atoms with E-state index >= 15 is 0 Å². The van der Waals surface area contributed by atoms with Gasteiger partial charge in [-0.2, -0.15) is 0 Å². The molecule has 0 aliphatic heterocycles. The van der Waals surface area contributed by atoms with Crippen molar-refractivity contribution in [2.45, 2.75) is 17.5 Å². The molecule has 2 aromatic carbocycles. The zero-order valence-corrected chi connectivity index (χ0v) is 14.9. The molecule has 0 bridgehead atoms. The molecule has 0 saturated heterocycles. The summed E-state index contributed by atoms with van der Waals surface area (Å²) in [6, 6.07) is 16.1. The van der Waals surface area contributed by atoms with E-state index in [0.717, 1.165) is 26.7 Å². The van der Waals surface area contributed by atoms with E-state index in [4.69, 9.17) is 4.74 Å². The summed E-state index contributed by atoms with van der Waals surface area (Å²) in [5, 5.41) is 12.8. The minimum Gasteiger partial charge on any atom is -0.496 e. The van der Waals surface area contributed by atoms with E-state index in [1.54, 1.807) is 18.9 Å². The molecule has 0 spiro atoms. The Hall–Kier alpha value is -1.86. The number of benzene rings is 2. The third kappa shape index (κ3) is 4.11. The number of aromatic nitrogens is 4. The first-order chi connectivity index (χ1) is 11.3. The molecule has 3 rings (SSSR count). The van der Waals surface area contributed by atoms with Crippen molar-refractivity contribution in [2.75, 3.05) is 7.11 Å². The molecule has 0 radical (unpaired) electrons. The molecule has 0 N–H and O–H groups in total. The van der Waals surface area contributed by atoms with Crippen molar-refractivity contribution in [3.63, 3.8) is 0 Å². The van der Waals surface area contributed by atoms with Gasteiger partial charge in [-0.15, -0.1) is 5.10 Å². The minimum absolute atomic E-state index is 0.659. The minimum atomic E-state index is 0.659.